The van der Waals surface area contributed by atoms with Gasteiger partial charge in [-0.15, -0.1) is 11.3 Å². The number of nitrogens with one attached hydrogen (secondary N) is 2. The van der Waals surface area contributed by atoms with E-state index >= 15 is 0 Å². The van der Waals surface area contributed by atoms with Crippen molar-refractivity contribution in [1.29, 1.82) is 0 Å². The van der Waals surface area contributed by atoms with Crippen molar-refractivity contribution >= 4 is 34.0 Å². The number of rotatable bonds is 5. The number of thiazole rings is 1. The molecular formula is C20H15F2N3O2S. The number of carbonyl (C=O) groups is 2. The van der Waals surface area contributed by atoms with Crippen molar-refractivity contribution in [3.63, 3.8) is 0 Å². The molecule has 8 heteroatoms. The zero-order valence-corrected chi connectivity index (χ0v) is 15.4. The third-order valence-electron chi connectivity index (χ3n) is 4.30. The molecule has 0 bridgehead atoms. The molecule has 3 aromatic rings. The number of aromatic nitrogens is 1. The number of hydrogen-bond donors (Lipinski definition) is 2. The van der Waals surface area contributed by atoms with Crippen molar-refractivity contribution in [2.24, 2.45) is 5.92 Å². The van der Waals surface area contributed by atoms with E-state index in [1.165, 1.54) is 17.4 Å². The van der Waals surface area contributed by atoms with Crippen LogP contribution in [-0.2, 0) is 4.79 Å². The third kappa shape index (κ3) is 4.07. The molecule has 142 valence electrons. The minimum absolute atomic E-state index is 0.00439. The SMILES string of the molecule is O=C(Nc1nc(-c2ccc(F)c(F)c2)cs1)c1ccc(NC(=O)C2CC2)cc1. The molecule has 0 atom stereocenters. The van der Waals surface area contributed by atoms with Gasteiger partial charge in [0.15, 0.2) is 16.8 Å². The standard InChI is InChI=1S/C20H15F2N3O2S/c21-15-8-5-13(9-16(15)22)17-10-28-20(24-17)25-19(27)12-3-6-14(7-4-12)23-18(26)11-1-2-11/h3-11H,1-2H2,(H,23,26)(H,24,25,27). The van der Waals surface area contributed by atoms with Crippen LogP contribution in [0.5, 0.6) is 0 Å². The normalized spacial score (nSPS) is 13.2. The quantitative estimate of drug-likeness (QED) is 0.654. The number of amides is 2. The van der Waals surface area contributed by atoms with Gasteiger partial charge in [0.1, 0.15) is 0 Å². The Morgan fingerprint density at radius 1 is 1.00 bits per heavy atom. The fourth-order valence-corrected chi connectivity index (χ4v) is 3.30. The van der Waals surface area contributed by atoms with E-state index in [-0.39, 0.29) is 17.7 Å². The zero-order valence-electron chi connectivity index (χ0n) is 14.5. The highest BCUT2D eigenvalue weighted by Gasteiger charge is 2.29. The van der Waals surface area contributed by atoms with Crippen LogP contribution in [0.25, 0.3) is 11.3 Å². The molecule has 28 heavy (non-hydrogen) atoms. The number of halogens is 2. The van der Waals surface area contributed by atoms with Crippen LogP contribution in [0.2, 0.25) is 0 Å². The maximum Gasteiger partial charge on any atom is 0.257 e. The van der Waals surface area contributed by atoms with Gasteiger partial charge in [0.2, 0.25) is 5.91 Å². The number of benzene rings is 2. The van der Waals surface area contributed by atoms with Gasteiger partial charge >= 0.3 is 0 Å². The molecule has 0 radical (unpaired) electrons. The first-order valence-corrected chi connectivity index (χ1v) is 9.51. The number of anilines is 2. The summed E-state index contributed by atoms with van der Waals surface area (Å²) in [5.74, 6) is -2.12. The Kier molecular flexibility index (Phi) is 4.87. The molecular weight excluding hydrogens is 384 g/mol. The van der Waals surface area contributed by atoms with Crippen molar-refractivity contribution in [2.75, 3.05) is 10.6 Å². The first-order chi connectivity index (χ1) is 13.5. The van der Waals surface area contributed by atoms with Crippen molar-refractivity contribution in [3.8, 4) is 11.3 Å². The topological polar surface area (TPSA) is 71.1 Å². The second kappa shape index (κ2) is 7.47. The summed E-state index contributed by atoms with van der Waals surface area (Å²) < 4.78 is 26.4. The lowest BCUT2D eigenvalue weighted by Crippen LogP contribution is -2.14. The summed E-state index contributed by atoms with van der Waals surface area (Å²) in [7, 11) is 0. The lowest BCUT2D eigenvalue weighted by Gasteiger charge is -2.06. The van der Waals surface area contributed by atoms with E-state index in [9.17, 15) is 18.4 Å². The average Bonchev–Trinajstić information content (AvgIpc) is 3.44. The van der Waals surface area contributed by atoms with E-state index in [0.717, 1.165) is 25.0 Å². The molecule has 0 unspecified atom stereocenters. The zero-order chi connectivity index (χ0) is 19.7. The number of hydrogen-bond acceptors (Lipinski definition) is 4. The molecule has 0 saturated heterocycles. The summed E-state index contributed by atoms with van der Waals surface area (Å²) in [6.45, 7) is 0. The maximum atomic E-state index is 13.4. The van der Waals surface area contributed by atoms with Gasteiger partial charge in [-0.25, -0.2) is 13.8 Å². The Hall–Kier alpha value is -3.13. The second-order valence-electron chi connectivity index (χ2n) is 6.46. The van der Waals surface area contributed by atoms with Crippen LogP contribution in [-0.4, -0.2) is 16.8 Å². The highest BCUT2D eigenvalue weighted by Crippen LogP contribution is 2.30. The van der Waals surface area contributed by atoms with Crippen LogP contribution < -0.4 is 10.6 Å². The summed E-state index contributed by atoms with van der Waals surface area (Å²) in [5.41, 5.74) is 1.92. The van der Waals surface area contributed by atoms with E-state index in [1.807, 2.05) is 0 Å². The minimum Gasteiger partial charge on any atom is -0.326 e. The Labute approximate surface area is 163 Å². The van der Waals surface area contributed by atoms with Gasteiger partial charge in [-0.2, -0.15) is 0 Å². The molecule has 0 spiro atoms. The lowest BCUT2D eigenvalue weighted by molar-refractivity contribution is -0.117. The van der Waals surface area contributed by atoms with Gasteiger partial charge in [0.25, 0.3) is 5.91 Å². The van der Waals surface area contributed by atoms with Crippen molar-refractivity contribution < 1.29 is 18.4 Å². The first kappa shape index (κ1) is 18.2. The van der Waals surface area contributed by atoms with E-state index in [4.69, 9.17) is 0 Å². The van der Waals surface area contributed by atoms with Crippen LogP contribution in [0.1, 0.15) is 23.2 Å². The molecule has 5 nitrogen and oxygen atoms in total. The fourth-order valence-electron chi connectivity index (χ4n) is 2.58. The number of carbonyl (C=O) groups excluding carboxylic acids is 2. The van der Waals surface area contributed by atoms with Gasteiger partial charge in [-0.3, -0.25) is 14.9 Å². The first-order valence-electron chi connectivity index (χ1n) is 8.63. The minimum atomic E-state index is -0.954. The van der Waals surface area contributed by atoms with E-state index in [2.05, 4.69) is 15.6 Å². The van der Waals surface area contributed by atoms with Crippen molar-refractivity contribution in [3.05, 3.63) is 65.0 Å². The largest absolute Gasteiger partial charge is 0.326 e. The third-order valence-corrected chi connectivity index (χ3v) is 5.06. The fraction of sp³-hybridized carbons (Fsp3) is 0.150. The Balaban J connectivity index is 1.41. The summed E-state index contributed by atoms with van der Waals surface area (Å²) in [6, 6.07) is 10.1. The summed E-state index contributed by atoms with van der Waals surface area (Å²) in [5, 5.41) is 7.48. The van der Waals surface area contributed by atoms with Crippen LogP contribution in [0.4, 0.5) is 19.6 Å². The predicted octanol–water partition coefficient (Wildman–Crippen LogP) is 4.69. The molecule has 2 aromatic carbocycles. The second-order valence-corrected chi connectivity index (χ2v) is 7.32. The highest BCUT2D eigenvalue weighted by molar-refractivity contribution is 7.14. The summed E-state index contributed by atoms with van der Waals surface area (Å²) in [4.78, 5) is 28.4. The molecule has 1 aromatic heterocycles. The Bertz CT molecular complexity index is 1050. The smallest absolute Gasteiger partial charge is 0.257 e. The van der Waals surface area contributed by atoms with Crippen LogP contribution in [0.3, 0.4) is 0 Å². The molecule has 0 aliphatic heterocycles. The summed E-state index contributed by atoms with van der Waals surface area (Å²) >= 11 is 1.18. The predicted molar refractivity (Wildman–Crippen MR) is 103 cm³/mol. The summed E-state index contributed by atoms with van der Waals surface area (Å²) in [6.07, 6.45) is 1.85. The molecule has 1 aliphatic carbocycles. The Morgan fingerprint density at radius 2 is 1.75 bits per heavy atom. The monoisotopic (exact) mass is 399 g/mol. The molecule has 1 aliphatic rings. The van der Waals surface area contributed by atoms with Crippen LogP contribution in [0.15, 0.2) is 47.8 Å². The van der Waals surface area contributed by atoms with Crippen molar-refractivity contribution in [1.82, 2.24) is 4.98 Å². The van der Waals surface area contributed by atoms with Gasteiger partial charge in [0, 0.05) is 28.1 Å². The van der Waals surface area contributed by atoms with E-state index in [0.29, 0.717) is 27.6 Å². The van der Waals surface area contributed by atoms with Crippen LogP contribution >= 0.6 is 11.3 Å². The van der Waals surface area contributed by atoms with Crippen LogP contribution in [0, 0.1) is 17.6 Å². The van der Waals surface area contributed by atoms with Gasteiger partial charge in [-0.1, -0.05) is 0 Å². The lowest BCUT2D eigenvalue weighted by atomic mass is 10.2. The molecule has 4 rings (SSSR count). The highest BCUT2D eigenvalue weighted by atomic mass is 32.1. The van der Waals surface area contributed by atoms with Crippen molar-refractivity contribution in [2.45, 2.75) is 12.8 Å². The maximum absolute atomic E-state index is 13.4. The van der Waals surface area contributed by atoms with E-state index in [1.54, 1.807) is 29.6 Å². The molecule has 2 amide bonds. The van der Waals surface area contributed by atoms with Gasteiger partial charge in [0.05, 0.1) is 5.69 Å². The van der Waals surface area contributed by atoms with Gasteiger partial charge < -0.3 is 5.32 Å². The molecule has 1 saturated carbocycles. The molecule has 1 heterocycles. The average molecular weight is 399 g/mol. The number of nitrogens with zero attached hydrogens (tertiary/aromatic N) is 1. The Morgan fingerprint density at radius 3 is 2.43 bits per heavy atom. The van der Waals surface area contributed by atoms with Gasteiger partial charge in [-0.05, 0) is 55.3 Å². The molecule has 1 fully saturated rings. The molecule has 2 N–H and O–H groups in total. The van der Waals surface area contributed by atoms with E-state index < -0.39 is 11.6 Å².